The van der Waals surface area contributed by atoms with Crippen LogP contribution in [0.2, 0.25) is 0 Å². The quantitative estimate of drug-likeness (QED) is 0.256. The number of hydrogen-bond acceptors (Lipinski definition) is 7. The fourth-order valence-electron chi connectivity index (χ4n) is 3.06. The number of anilines is 1. The molecule has 0 saturated heterocycles. The predicted molar refractivity (Wildman–Crippen MR) is 124 cm³/mol. The molecule has 178 valence electrons. The Kier molecular flexibility index (Phi) is 8.92. The number of nitro groups is 1. The summed E-state index contributed by atoms with van der Waals surface area (Å²) in [4.78, 5) is 35.5. The monoisotopic (exact) mass is 476 g/mol. The van der Waals surface area contributed by atoms with E-state index in [9.17, 15) is 28.1 Å². The third-order valence-corrected chi connectivity index (χ3v) is 5.74. The summed E-state index contributed by atoms with van der Waals surface area (Å²) in [6.07, 6.45) is 1.25. The second-order valence-electron chi connectivity index (χ2n) is 7.94. The Hall–Kier alpha value is -3.47. The number of amides is 2. The lowest BCUT2D eigenvalue weighted by atomic mass is 10.0. The lowest BCUT2D eigenvalue weighted by molar-refractivity contribution is -0.384. The number of benzene rings is 2. The predicted octanol–water partition coefficient (Wildman–Crippen LogP) is 2.43. The third-order valence-electron chi connectivity index (χ3n) is 4.63. The first kappa shape index (κ1) is 25.8. The van der Waals surface area contributed by atoms with E-state index in [1.807, 2.05) is 13.8 Å². The average molecular weight is 477 g/mol. The van der Waals surface area contributed by atoms with Gasteiger partial charge >= 0.3 is 0 Å². The van der Waals surface area contributed by atoms with Crippen molar-refractivity contribution in [2.24, 2.45) is 5.92 Å². The van der Waals surface area contributed by atoms with Crippen LogP contribution in [0.1, 0.15) is 31.9 Å². The Labute approximate surface area is 192 Å². The molecule has 2 rings (SSSR count). The zero-order chi connectivity index (χ0) is 24.6. The molecule has 0 aliphatic heterocycles. The average Bonchev–Trinajstić information content (AvgIpc) is 2.74. The van der Waals surface area contributed by atoms with Crippen LogP contribution in [0.3, 0.4) is 0 Å². The first-order valence-corrected chi connectivity index (χ1v) is 12.2. The van der Waals surface area contributed by atoms with Gasteiger partial charge in [0.1, 0.15) is 11.7 Å². The molecular weight excluding hydrogens is 448 g/mol. The van der Waals surface area contributed by atoms with E-state index in [0.29, 0.717) is 5.56 Å². The number of hydrogen-bond donors (Lipinski definition) is 3. The molecule has 0 radical (unpaired) electrons. The van der Waals surface area contributed by atoms with E-state index >= 15 is 0 Å². The van der Waals surface area contributed by atoms with Crippen molar-refractivity contribution in [3.63, 3.8) is 0 Å². The summed E-state index contributed by atoms with van der Waals surface area (Å²) in [5.41, 5.74) is 0.380. The van der Waals surface area contributed by atoms with Gasteiger partial charge in [0.25, 0.3) is 5.69 Å². The molecule has 10 nitrogen and oxygen atoms in total. The van der Waals surface area contributed by atoms with E-state index < -0.39 is 26.7 Å². The highest BCUT2D eigenvalue weighted by Crippen LogP contribution is 2.27. The first-order chi connectivity index (χ1) is 15.5. The molecule has 1 unspecified atom stereocenters. The van der Waals surface area contributed by atoms with E-state index in [4.69, 9.17) is 0 Å². The molecule has 1 atom stereocenters. The molecule has 0 saturated carbocycles. The lowest BCUT2D eigenvalue weighted by Gasteiger charge is -2.20. The van der Waals surface area contributed by atoms with Crippen molar-refractivity contribution in [3.8, 4) is 0 Å². The first-order valence-electron chi connectivity index (χ1n) is 10.3. The van der Waals surface area contributed by atoms with Crippen LogP contribution in [-0.4, -0.2) is 44.5 Å². The molecule has 3 N–H and O–H groups in total. The highest BCUT2D eigenvalue weighted by atomic mass is 32.2. The Bertz CT molecular complexity index is 1100. The fourth-order valence-corrected chi connectivity index (χ4v) is 3.70. The molecule has 0 aliphatic rings. The van der Waals surface area contributed by atoms with Crippen LogP contribution >= 0.6 is 0 Å². The Morgan fingerprint density at radius 2 is 1.73 bits per heavy atom. The van der Waals surface area contributed by atoms with Gasteiger partial charge in [-0.1, -0.05) is 44.2 Å². The molecule has 11 heteroatoms. The summed E-state index contributed by atoms with van der Waals surface area (Å²) in [6, 6.07) is 11.5. The Balaban J connectivity index is 2.03. The highest BCUT2D eigenvalue weighted by Gasteiger charge is 2.23. The maximum Gasteiger partial charge on any atom is 0.293 e. The van der Waals surface area contributed by atoms with Crippen LogP contribution in [0.4, 0.5) is 11.4 Å². The molecule has 0 aromatic heterocycles. The van der Waals surface area contributed by atoms with Crippen molar-refractivity contribution < 1.29 is 22.9 Å². The van der Waals surface area contributed by atoms with Crippen molar-refractivity contribution in [3.05, 3.63) is 64.2 Å². The highest BCUT2D eigenvalue weighted by molar-refractivity contribution is 7.90. The Morgan fingerprint density at radius 3 is 2.30 bits per heavy atom. The van der Waals surface area contributed by atoms with Crippen molar-refractivity contribution >= 4 is 33.0 Å². The summed E-state index contributed by atoms with van der Waals surface area (Å²) in [5, 5.41) is 19.6. The number of rotatable bonds is 11. The van der Waals surface area contributed by atoms with Crippen LogP contribution in [-0.2, 0) is 19.4 Å². The number of sulfone groups is 1. The van der Waals surface area contributed by atoms with Crippen molar-refractivity contribution in [2.45, 2.75) is 31.2 Å². The minimum absolute atomic E-state index is 0.118. The number of nitrogens with zero attached hydrogens (tertiary/aromatic N) is 1. The Morgan fingerprint density at radius 1 is 1.06 bits per heavy atom. The van der Waals surface area contributed by atoms with Crippen molar-refractivity contribution in [1.29, 1.82) is 0 Å². The topological polar surface area (TPSA) is 148 Å². The molecule has 0 fully saturated rings. The van der Waals surface area contributed by atoms with Gasteiger partial charge in [-0.2, -0.15) is 0 Å². The smallest absolute Gasteiger partial charge is 0.293 e. The van der Waals surface area contributed by atoms with Crippen LogP contribution in [0, 0.1) is 16.0 Å². The third kappa shape index (κ3) is 7.86. The minimum atomic E-state index is -3.59. The number of carbonyl (C=O) groups is 2. The van der Waals surface area contributed by atoms with Gasteiger partial charge in [-0.3, -0.25) is 19.7 Å². The van der Waals surface area contributed by atoms with Crippen molar-refractivity contribution in [2.75, 3.05) is 24.7 Å². The maximum atomic E-state index is 12.8. The van der Waals surface area contributed by atoms with E-state index in [-0.39, 0.29) is 47.6 Å². The van der Waals surface area contributed by atoms with Gasteiger partial charge in [0.05, 0.1) is 9.82 Å². The van der Waals surface area contributed by atoms with Gasteiger partial charge in [0.2, 0.25) is 11.8 Å². The van der Waals surface area contributed by atoms with Crippen LogP contribution in [0.5, 0.6) is 0 Å². The van der Waals surface area contributed by atoms with Gasteiger partial charge in [-0.05, 0) is 23.6 Å². The normalized spacial score (nSPS) is 12.1. The minimum Gasteiger partial charge on any atom is -0.378 e. The molecule has 2 aromatic rings. The molecule has 2 amide bonds. The van der Waals surface area contributed by atoms with Crippen molar-refractivity contribution in [1.82, 2.24) is 10.6 Å². The number of nitrogens with one attached hydrogen (secondary N) is 3. The van der Waals surface area contributed by atoms with Crippen LogP contribution in [0.15, 0.2) is 53.4 Å². The van der Waals surface area contributed by atoms with E-state index in [1.54, 1.807) is 30.3 Å². The maximum absolute atomic E-state index is 12.8. The van der Waals surface area contributed by atoms with Gasteiger partial charge in [-0.15, -0.1) is 0 Å². The molecule has 0 heterocycles. The zero-order valence-corrected chi connectivity index (χ0v) is 19.5. The van der Waals surface area contributed by atoms with Gasteiger partial charge in [-0.25, -0.2) is 8.42 Å². The SMILES string of the molecule is CC(C)CC(=O)NC(C(=O)NCCNc1ccc(S(C)(=O)=O)cc1[N+](=O)[O-])c1ccccc1. The van der Waals surface area contributed by atoms with E-state index in [2.05, 4.69) is 16.0 Å². The molecule has 0 spiro atoms. The van der Waals surface area contributed by atoms with Gasteiger partial charge in [0, 0.05) is 31.8 Å². The largest absolute Gasteiger partial charge is 0.378 e. The molecular formula is C22H28N4O6S. The van der Waals surface area contributed by atoms with E-state index in [1.165, 1.54) is 12.1 Å². The van der Waals surface area contributed by atoms with Crippen LogP contribution < -0.4 is 16.0 Å². The van der Waals surface area contributed by atoms with E-state index in [0.717, 1.165) is 12.3 Å². The van der Waals surface area contributed by atoms with Gasteiger partial charge in [0.15, 0.2) is 9.84 Å². The number of nitro benzene ring substituents is 1. The van der Waals surface area contributed by atoms with Gasteiger partial charge < -0.3 is 16.0 Å². The summed E-state index contributed by atoms with van der Waals surface area (Å²) < 4.78 is 23.3. The number of carbonyl (C=O) groups excluding carboxylic acids is 2. The standard InChI is InChI=1S/C22H28N4O6S/c1-15(2)13-20(27)25-21(16-7-5-4-6-8-16)22(28)24-12-11-23-18-10-9-17(33(3,31)32)14-19(18)26(29)30/h4-10,14-15,21,23H,11-13H2,1-3H3,(H,24,28)(H,25,27). The molecule has 0 bridgehead atoms. The molecule has 0 aliphatic carbocycles. The second-order valence-corrected chi connectivity index (χ2v) is 9.95. The summed E-state index contributed by atoms with van der Waals surface area (Å²) >= 11 is 0. The summed E-state index contributed by atoms with van der Waals surface area (Å²) in [5.74, 6) is -0.519. The fraction of sp³-hybridized carbons (Fsp3) is 0.364. The molecule has 2 aromatic carbocycles. The molecule has 33 heavy (non-hydrogen) atoms. The summed E-state index contributed by atoms with van der Waals surface area (Å²) in [6.45, 7) is 4.08. The summed E-state index contributed by atoms with van der Waals surface area (Å²) in [7, 11) is -3.59. The zero-order valence-electron chi connectivity index (χ0n) is 18.7. The van der Waals surface area contributed by atoms with Crippen LogP contribution in [0.25, 0.3) is 0 Å². The lowest BCUT2D eigenvalue weighted by Crippen LogP contribution is -2.42. The second kappa shape index (κ2) is 11.4.